The maximum absolute atomic E-state index is 13.6. The summed E-state index contributed by atoms with van der Waals surface area (Å²) in [5.74, 6) is 1.09. The van der Waals surface area contributed by atoms with Crippen LogP contribution in [-0.4, -0.2) is 43.6 Å². The lowest BCUT2D eigenvalue weighted by molar-refractivity contribution is -0.123. The number of thioether (sulfide) groups is 1. The molecule has 2 aromatic heterocycles. The molecule has 4 heterocycles. The Bertz CT molecular complexity index is 1360. The van der Waals surface area contributed by atoms with Crippen molar-refractivity contribution in [1.29, 1.82) is 0 Å². The van der Waals surface area contributed by atoms with Crippen molar-refractivity contribution in [2.24, 2.45) is 5.92 Å². The van der Waals surface area contributed by atoms with Gasteiger partial charge in [-0.1, -0.05) is 60.4 Å². The number of hydrogen-bond acceptors (Lipinski definition) is 6. The van der Waals surface area contributed by atoms with Crippen LogP contribution in [-0.2, 0) is 11.2 Å². The van der Waals surface area contributed by atoms with Crippen molar-refractivity contribution in [3.05, 3.63) is 81.1 Å². The molecular weight excluding hydrogens is 476 g/mol. The van der Waals surface area contributed by atoms with Gasteiger partial charge in [-0.2, -0.15) is 0 Å². The summed E-state index contributed by atoms with van der Waals surface area (Å²) in [6, 6.07) is 16.1. The number of hydrogen-bond donors (Lipinski definition) is 0. The second kappa shape index (κ2) is 9.95. The molecule has 1 amide bonds. The summed E-state index contributed by atoms with van der Waals surface area (Å²) in [5.41, 5.74) is 2.23. The molecule has 6 nitrogen and oxygen atoms in total. The van der Waals surface area contributed by atoms with Crippen molar-refractivity contribution in [2.75, 3.05) is 18.0 Å². The van der Waals surface area contributed by atoms with E-state index in [2.05, 4.69) is 29.2 Å². The van der Waals surface area contributed by atoms with Gasteiger partial charge in [-0.15, -0.1) is 0 Å². The molecule has 2 aliphatic rings. The normalized spacial score (nSPS) is 18.4. The number of aromatic nitrogens is 2. The monoisotopic (exact) mass is 504 g/mol. The number of piperidine rings is 1. The Kier molecular flexibility index (Phi) is 6.75. The van der Waals surface area contributed by atoms with E-state index in [0.717, 1.165) is 32.4 Å². The number of carbonyl (C=O) groups excluding carboxylic acids is 1. The summed E-state index contributed by atoms with van der Waals surface area (Å²) in [6.07, 6.45) is 6.53. The fourth-order valence-corrected chi connectivity index (χ4v) is 6.32. The van der Waals surface area contributed by atoms with E-state index < -0.39 is 0 Å². The van der Waals surface area contributed by atoms with Gasteiger partial charge in [0.05, 0.1) is 10.5 Å². The third-order valence-electron chi connectivity index (χ3n) is 6.65. The molecular formula is C27H28N4O2S2. The minimum Gasteiger partial charge on any atom is -0.356 e. The van der Waals surface area contributed by atoms with Gasteiger partial charge in [-0.3, -0.25) is 18.9 Å². The van der Waals surface area contributed by atoms with E-state index in [-0.39, 0.29) is 17.5 Å². The molecule has 5 rings (SSSR count). The molecule has 2 saturated heterocycles. The molecule has 2 aliphatic heterocycles. The maximum Gasteiger partial charge on any atom is 0.267 e. The number of nitrogens with zero attached hydrogens (tertiary/aromatic N) is 4. The van der Waals surface area contributed by atoms with Crippen molar-refractivity contribution in [3.63, 3.8) is 0 Å². The molecule has 0 spiro atoms. The van der Waals surface area contributed by atoms with E-state index in [1.54, 1.807) is 21.6 Å². The average Bonchev–Trinajstić information content (AvgIpc) is 3.14. The van der Waals surface area contributed by atoms with E-state index in [9.17, 15) is 9.59 Å². The van der Waals surface area contributed by atoms with Gasteiger partial charge in [0, 0.05) is 25.3 Å². The van der Waals surface area contributed by atoms with Gasteiger partial charge in [0.15, 0.2) is 0 Å². The predicted octanol–water partition coefficient (Wildman–Crippen LogP) is 4.76. The van der Waals surface area contributed by atoms with E-state index in [0.29, 0.717) is 32.2 Å². The Hall–Kier alpha value is -2.97. The number of fused-ring (bicyclic) bond motifs is 1. The SMILES string of the molecule is CC(C)N1C(=O)C(=Cc2c(N3CCC(Cc4ccccc4)CC3)nc3ccccn3c2=O)SC1=S. The van der Waals surface area contributed by atoms with E-state index >= 15 is 0 Å². The number of pyridine rings is 1. The quantitative estimate of drug-likeness (QED) is 0.369. The molecule has 0 atom stereocenters. The second-order valence-electron chi connectivity index (χ2n) is 9.35. The van der Waals surface area contributed by atoms with E-state index in [4.69, 9.17) is 17.2 Å². The number of benzene rings is 1. The van der Waals surface area contributed by atoms with Crippen molar-refractivity contribution >= 4 is 51.7 Å². The zero-order valence-corrected chi connectivity index (χ0v) is 21.5. The van der Waals surface area contributed by atoms with E-state index in [1.165, 1.54) is 17.3 Å². The van der Waals surface area contributed by atoms with Gasteiger partial charge in [0.2, 0.25) is 0 Å². The van der Waals surface area contributed by atoms with Crippen molar-refractivity contribution in [3.8, 4) is 0 Å². The van der Waals surface area contributed by atoms with Crippen LogP contribution >= 0.6 is 24.0 Å². The molecule has 8 heteroatoms. The first-order valence-electron chi connectivity index (χ1n) is 12.0. The lowest BCUT2D eigenvalue weighted by atomic mass is 9.90. The van der Waals surface area contributed by atoms with Crippen LogP contribution in [0.15, 0.2) is 64.4 Å². The number of anilines is 1. The van der Waals surface area contributed by atoms with Gasteiger partial charge >= 0.3 is 0 Å². The highest BCUT2D eigenvalue weighted by Crippen LogP contribution is 2.35. The van der Waals surface area contributed by atoms with Crippen LogP contribution in [0.4, 0.5) is 5.82 Å². The predicted molar refractivity (Wildman–Crippen MR) is 147 cm³/mol. The first-order valence-corrected chi connectivity index (χ1v) is 13.2. The Morgan fingerprint density at radius 1 is 1.09 bits per heavy atom. The number of carbonyl (C=O) groups is 1. The van der Waals surface area contributed by atoms with Crippen molar-refractivity contribution in [1.82, 2.24) is 14.3 Å². The second-order valence-corrected chi connectivity index (χ2v) is 11.0. The van der Waals surface area contributed by atoms with Gasteiger partial charge in [0.25, 0.3) is 11.5 Å². The molecule has 0 N–H and O–H groups in total. The van der Waals surface area contributed by atoms with E-state index in [1.807, 2.05) is 38.1 Å². The summed E-state index contributed by atoms with van der Waals surface area (Å²) < 4.78 is 2.06. The topological polar surface area (TPSA) is 57.9 Å². The molecule has 35 heavy (non-hydrogen) atoms. The Morgan fingerprint density at radius 2 is 1.80 bits per heavy atom. The first kappa shape index (κ1) is 23.8. The van der Waals surface area contributed by atoms with Crippen LogP contribution in [0.1, 0.15) is 37.8 Å². The third-order valence-corrected chi connectivity index (χ3v) is 7.98. The van der Waals surface area contributed by atoms with Gasteiger partial charge in [0.1, 0.15) is 15.8 Å². The van der Waals surface area contributed by atoms with Crippen LogP contribution in [0.3, 0.4) is 0 Å². The highest BCUT2D eigenvalue weighted by atomic mass is 32.2. The van der Waals surface area contributed by atoms with Crippen LogP contribution in [0.25, 0.3) is 11.7 Å². The highest BCUT2D eigenvalue weighted by Gasteiger charge is 2.34. The third kappa shape index (κ3) is 4.77. The summed E-state index contributed by atoms with van der Waals surface area (Å²) in [5, 5.41) is 0. The Balaban J connectivity index is 1.48. The zero-order valence-electron chi connectivity index (χ0n) is 19.9. The minimum atomic E-state index is -0.174. The first-order chi connectivity index (χ1) is 16.9. The lowest BCUT2D eigenvalue weighted by Crippen LogP contribution is -2.37. The fraction of sp³-hybridized carbons (Fsp3) is 0.333. The molecule has 0 saturated carbocycles. The molecule has 0 radical (unpaired) electrons. The summed E-state index contributed by atoms with van der Waals surface area (Å²) in [6.45, 7) is 5.51. The van der Waals surface area contributed by atoms with Crippen LogP contribution in [0.5, 0.6) is 0 Å². The molecule has 0 bridgehead atoms. The van der Waals surface area contributed by atoms with Crippen LogP contribution in [0.2, 0.25) is 0 Å². The maximum atomic E-state index is 13.6. The smallest absolute Gasteiger partial charge is 0.267 e. The Morgan fingerprint density at radius 3 is 2.49 bits per heavy atom. The van der Waals surface area contributed by atoms with Gasteiger partial charge in [-0.25, -0.2) is 4.98 Å². The molecule has 2 fully saturated rings. The summed E-state index contributed by atoms with van der Waals surface area (Å²) in [7, 11) is 0. The number of rotatable bonds is 5. The largest absolute Gasteiger partial charge is 0.356 e. The van der Waals surface area contributed by atoms with Crippen LogP contribution < -0.4 is 10.5 Å². The number of thiocarbonyl (C=S) groups is 1. The highest BCUT2D eigenvalue weighted by molar-refractivity contribution is 8.26. The molecule has 0 aliphatic carbocycles. The zero-order chi connectivity index (χ0) is 24.5. The van der Waals surface area contributed by atoms with Gasteiger partial charge < -0.3 is 4.90 Å². The molecule has 1 aromatic carbocycles. The number of amides is 1. The minimum absolute atomic E-state index is 0.0349. The average molecular weight is 505 g/mol. The fourth-order valence-electron chi connectivity index (χ4n) is 4.81. The molecule has 3 aromatic rings. The summed E-state index contributed by atoms with van der Waals surface area (Å²) >= 11 is 6.69. The van der Waals surface area contributed by atoms with Crippen molar-refractivity contribution in [2.45, 2.75) is 39.2 Å². The molecule has 180 valence electrons. The van der Waals surface area contributed by atoms with Crippen molar-refractivity contribution < 1.29 is 4.79 Å². The van der Waals surface area contributed by atoms with Crippen LogP contribution in [0, 0.1) is 5.92 Å². The molecule has 0 unspecified atom stereocenters. The standard InChI is InChI=1S/C27H28N4O2S2/c1-18(2)31-26(33)22(35-27(31)34)17-21-24(28-23-10-6-7-13-30(23)25(21)32)29-14-11-20(12-15-29)16-19-8-4-3-5-9-19/h3-10,13,17-18,20H,11-12,14-16H2,1-2H3. The lowest BCUT2D eigenvalue weighted by Gasteiger charge is -2.33. The Labute approximate surface area is 214 Å². The van der Waals surface area contributed by atoms with Gasteiger partial charge in [-0.05, 0) is 62.8 Å². The summed E-state index contributed by atoms with van der Waals surface area (Å²) in [4.78, 5) is 35.8.